The van der Waals surface area contributed by atoms with Crippen molar-refractivity contribution >= 4 is 5.91 Å². The number of hydrogen-bond donors (Lipinski definition) is 0. The minimum Gasteiger partial charge on any atom is -0.385 e. The van der Waals surface area contributed by atoms with Gasteiger partial charge < -0.3 is 9.64 Å². The van der Waals surface area contributed by atoms with Gasteiger partial charge in [-0.15, -0.1) is 0 Å². The van der Waals surface area contributed by atoms with Gasteiger partial charge in [-0.05, 0) is 49.9 Å². The van der Waals surface area contributed by atoms with Crippen LogP contribution in [-0.2, 0) is 4.74 Å². The summed E-state index contributed by atoms with van der Waals surface area (Å²) in [4.78, 5) is 19.4. The SMILES string of the molecule is COCCC1CCCCN1C(=O)c1cccc(-c2ncccc2C#N)c1. The lowest BCUT2D eigenvalue weighted by Gasteiger charge is -2.36. The number of hydrogen-bond acceptors (Lipinski definition) is 4. The first-order valence-corrected chi connectivity index (χ1v) is 9.00. The van der Waals surface area contributed by atoms with Gasteiger partial charge in [-0.3, -0.25) is 9.78 Å². The molecule has 0 bridgehead atoms. The molecule has 1 saturated heterocycles. The van der Waals surface area contributed by atoms with Gasteiger partial charge in [0, 0.05) is 43.6 Å². The molecule has 2 heterocycles. The van der Waals surface area contributed by atoms with Crippen LogP contribution in [0.25, 0.3) is 11.3 Å². The fraction of sp³-hybridized carbons (Fsp3) is 0.381. The molecule has 1 aromatic heterocycles. The Morgan fingerprint density at radius 1 is 1.35 bits per heavy atom. The highest BCUT2D eigenvalue weighted by molar-refractivity contribution is 5.95. The molecule has 1 fully saturated rings. The maximum atomic E-state index is 13.1. The first-order chi connectivity index (χ1) is 12.7. The van der Waals surface area contributed by atoms with Gasteiger partial charge in [-0.1, -0.05) is 12.1 Å². The van der Waals surface area contributed by atoms with Gasteiger partial charge in [0.2, 0.25) is 0 Å². The van der Waals surface area contributed by atoms with E-state index in [2.05, 4.69) is 11.1 Å². The smallest absolute Gasteiger partial charge is 0.254 e. The number of methoxy groups -OCH3 is 1. The summed E-state index contributed by atoms with van der Waals surface area (Å²) in [5, 5.41) is 9.30. The summed E-state index contributed by atoms with van der Waals surface area (Å²) in [6, 6.07) is 13.3. The first-order valence-electron chi connectivity index (χ1n) is 9.00. The van der Waals surface area contributed by atoms with Crippen LogP contribution in [0.5, 0.6) is 0 Å². The minimum atomic E-state index is 0.0436. The van der Waals surface area contributed by atoms with Gasteiger partial charge in [-0.25, -0.2) is 0 Å². The Morgan fingerprint density at radius 2 is 2.23 bits per heavy atom. The van der Waals surface area contributed by atoms with Crippen molar-refractivity contribution in [3.05, 3.63) is 53.7 Å². The van der Waals surface area contributed by atoms with Crippen molar-refractivity contribution in [3.63, 3.8) is 0 Å². The Bertz CT molecular complexity index is 813. The molecule has 1 aliphatic rings. The van der Waals surface area contributed by atoms with Crippen LogP contribution in [0.3, 0.4) is 0 Å². The van der Waals surface area contributed by atoms with Crippen LogP contribution in [0.4, 0.5) is 0 Å². The number of nitriles is 1. The van der Waals surface area contributed by atoms with Gasteiger partial charge in [0.15, 0.2) is 0 Å². The first kappa shape index (κ1) is 18.1. The molecule has 0 radical (unpaired) electrons. The van der Waals surface area contributed by atoms with Crippen molar-refractivity contribution in [1.82, 2.24) is 9.88 Å². The van der Waals surface area contributed by atoms with E-state index in [1.807, 2.05) is 29.2 Å². The molecule has 5 nitrogen and oxygen atoms in total. The molecule has 1 aliphatic heterocycles. The lowest BCUT2D eigenvalue weighted by molar-refractivity contribution is 0.0553. The third-order valence-electron chi connectivity index (χ3n) is 4.85. The minimum absolute atomic E-state index is 0.0436. The Hall–Kier alpha value is -2.71. The second-order valence-electron chi connectivity index (χ2n) is 6.52. The number of nitrogens with zero attached hydrogens (tertiary/aromatic N) is 3. The van der Waals surface area contributed by atoms with Crippen LogP contribution < -0.4 is 0 Å². The second-order valence-corrected chi connectivity index (χ2v) is 6.52. The Kier molecular flexibility index (Phi) is 5.98. The Labute approximate surface area is 154 Å². The van der Waals surface area contributed by atoms with E-state index in [0.717, 1.165) is 37.8 Å². The molecular weight excluding hydrogens is 326 g/mol. The van der Waals surface area contributed by atoms with Crippen molar-refractivity contribution < 1.29 is 9.53 Å². The molecule has 1 amide bonds. The summed E-state index contributed by atoms with van der Waals surface area (Å²) in [5.74, 6) is 0.0436. The number of ether oxygens (including phenoxy) is 1. The summed E-state index contributed by atoms with van der Waals surface area (Å²) in [6.07, 6.45) is 5.73. The van der Waals surface area contributed by atoms with Crippen LogP contribution in [0.1, 0.15) is 41.6 Å². The number of benzene rings is 1. The van der Waals surface area contributed by atoms with Gasteiger partial charge in [0.05, 0.1) is 11.3 Å². The van der Waals surface area contributed by atoms with Crippen molar-refractivity contribution in [2.75, 3.05) is 20.3 Å². The largest absolute Gasteiger partial charge is 0.385 e. The van der Waals surface area contributed by atoms with Crippen LogP contribution in [0, 0.1) is 11.3 Å². The zero-order valence-electron chi connectivity index (χ0n) is 15.0. The summed E-state index contributed by atoms with van der Waals surface area (Å²) >= 11 is 0. The molecule has 5 heteroatoms. The van der Waals surface area contributed by atoms with E-state index >= 15 is 0 Å². The highest BCUT2D eigenvalue weighted by Crippen LogP contribution is 2.25. The van der Waals surface area contributed by atoms with Crippen molar-refractivity contribution in [2.45, 2.75) is 31.7 Å². The van der Waals surface area contributed by atoms with E-state index in [1.165, 1.54) is 0 Å². The van der Waals surface area contributed by atoms with Crippen LogP contribution >= 0.6 is 0 Å². The van der Waals surface area contributed by atoms with Crippen molar-refractivity contribution in [2.24, 2.45) is 0 Å². The molecule has 1 atom stereocenters. The summed E-state index contributed by atoms with van der Waals surface area (Å²) < 4.78 is 5.20. The number of aromatic nitrogens is 1. The molecule has 2 aromatic rings. The summed E-state index contributed by atoms with van der Waals surface area (Å²) in [5.41, 5.74) is 2.55. The van der Waals surface area contributed by atoms with Gasteiger partial charge in [0.25, 0.3) is 5.91 Å². The summed E-state index contributed by atoms with van der Waals surface area (Å²) in [6.45, 7) is 1.44. The standard InChI is InChI=1S/C21H23N3O2/c1-26-13-10-19-9-2-3-12-24(19)21(25)17-7-4-6-16(14-17)20-18(15-22)8-5-11-23-20/h4-8,11,14,19H,2-3,9-10,12-13H2,1H3. The van der Waals surface area contributed by atoms with Crippen molar-refractivity contribution in [3.8, 4) is 17.3 Å². The number of likely N-dealkylation sites (tertiary alicyclic amines) is 1. The normalized spacial score (nSPS) is 16.9. The third kappa shape index (κ3) is 3.92. The Morgan fingerprint density at radius 3 is 3.04 bits per heavy atom. The lowest BCUT2D eigenvalue weighted by atomic mass is 9.97. The lowest BCUT2D eigenvalue weighted by Crippen LogP contribution is -2.44. The van der Waals surface area contributed by atoms with E-state index in [9.17, 15) is 10.1 Å². The molecule has 0 aliphatic carbocycles. The fourth-order valence-electron chi connectivity index (χ4n) is 3.51. The third-order valence-corrected chi connectivity index (χ3v) is 4.85. The molecule has 0 saturated carbocycles. The van der Waals surface area contributed by atoms with E-state index < -0.39 is 0 Å². The zero-order chi connectivity index (χ0) is 18.4. The van der Waals surface area contributed by atoms with E-state index in [0.29, 0.717) is 23.4 Å². The van der Waals surface area contributed by atoms with Gasteiger partial charge in [-0.2, -0.15) is 5.26 Å². The molecule has 134 valence electrons. The zero-order valence-corrected chi connectivity index (χ0v) is 15.0. The topological polar surface area (TPSA) is 66.2 Å². The average Bonchev–Trinajstić information content (AvgIpc) is 2.72. The van der Waals surface area contributed by atoms with Crippen LogP contribution in [0.15, 0.2) is 42.6 Å². The molecule has 26 heavy (non-hydrogen) atoms. The molecule has 3 rings (SSSR count). The van der Waals surface area contributed by atoms with Gasteiger partial charge >= 0.3 is 0 Å². The Balaban J connectivity index is 1.87. The number of carbonyl (C=O) groups excluding carboxylic acids is 1. The summed E-state index contributed by atoms with van der Waals surface area (Å²) in [7, 11) is 1.69. The highest BCUT2D eigenvalue weighted by Gasteiger charge is 2.27. The quantitative estimate of drug-likeness (QED) is 0.826. The number of rotatable bonds is 5. The molecular formula is C21H23N3O2. The predicted octanol–water partition coefficient (Wildman–Crippen LogP) is 3.65. The fourth-order valence-corrected chi connectivity index (χ4v) is 3.51. The van der Waals surface area contributed by atoms with Crippen molar-refractivity contribution in [1.29, 1.82) is 5.26 Å². The molecule has 0 N–H and O–H groups in total. The maximum absolute atomic E-state index is 13.1. The van der Waals surface area contributed by atoms with Crippen LogP contribution in [-0.4, -0.2) is 42.1 Å². The number of carbonyl (C=O) groups is 1. The number of amides is 1. The molecule has 1 unspecified atom stereocenters. The highest BCUT2D eigenvalue weighted by atomic mass is 16.5. The average molecular weight is 349 g/mol. The molecule has 1 aromatic carbocycles. The number of piperidine rings is 1. The molecule has 0 spiro atoms. The van der Waals surface area contributed by atoms with Gasteiger partial charge in [0.1, 0.15) is 6.07 Å². The predicted molar refractivity (Wildman–Crippen MR) is 99.6 cm³/mol. The number of pyridine rings is 1. The van der Waals surface area contributed by atoms with E-state index in [4.69, 9.17) is 4.74 Å². The van der Waals surface area contributed by atoms with Crippen LogP contribution in [0.2, 0.25) is 0 Å². The maximum Gasteiger partial charge on any atom is 0.254 e. The van der Waals surface area contributed by atoms with E-state index in [1.54, 1.807) is 25.4 Å². The second kappa shape index (κ2) is 8.59. The monoisotopic (exact) mass is 349 g/mol. The van der Waals surface area contributed by atoms with E-state index in [-0.39, 0.29) is 11.9 Å².